The van der Waals surface area contributed by atoms with Gasteiger partial charge in [0.15, 0.2) is 0 Å². The quantitative estimate of drug-likeness (QED) is 0.824. The predicted octanol–water partition coefficient (Wildman–Crippen LogP) is 1.26. The average Bonchev–Trinajstić information content (AvgIpc) is 2.37. The highest BCUT2D eigenvalue weighted by Gasteiger charge is 2.37. The first-order valence-electron chi connectivity index (χ1n) is 7.48. The van der Waals surface area contributed by atoms with Gasteiger partial charge in [-0.1, -0.05) is 0 Å². The van der Waals surface area contributed by atoms with Crippen LogP contribution in [0.15, 0.2) is 17.0 Å². The van der Waals surface area contributed by atoms with Crippen molar-refractivity contribution in [3.05, 3.63) is 23.3 Å². The Hall–Kier alpha value is -1.11. The van der Waals surface area contributed by atoms with Gasteiger partial charge < -0.3 is 10.6 Å². The lowest BCUT2D eigenvalue weighted by Crippen LogP contribution is -2.57. The molecule has 0 radical (unpaired) electrons. The summed E-state index contributed by atoms with van der Waals surface area (Å²) in [6.07, 6.45) is 2.18. The molecule has 0 saturated carbocycles. The molecule has 3 N–H and O–H groups in total. The van der Waals surface area contributed by atoms with E-state index in [2.05, 4.69) is 9.62 Å². The number of anilines is 1. The van der Waals surface area contributed by atoms with Crippen LogP contribution in [0.5, 0.6) is 0 Å². The van der Waals surface area contributed by atoms with Gasteiger partial charge in [-0.05, 0) is 69.0 Å². The number of nitrogens with one attached hydrogen (secondary N) is 1. The molecule has 0 aromatic heterocycles. The molecule has 3 aliphatic rings. The van der Waals surface area contributed by atoms with E-state index in [9.17, 15) is 8.42 Å². The minimum atomic E-state index is -3.49. The summed E-state index contributed by atoms with van der Waals surface area (Å²) in [5.41, 5.74) is 7.81. The molecule has 0 spiro atoms. The van der Waals surface area contributed by atoms with Gasteiger partial charge in [-0.15, -0.1) is 0 Å². The van der Waals surface area contributed by atoms with Crippen molar-refractivity contribution in [1.29, 1.82) is 0 Å². The van der Waals surface area contributed by atoms with Crippen LogP contribution in [0.2, 0.25) is 0 Å². The molecule has 0 aliphatic carbocycles. The van der Waals surface area contributed by atoms with Crippen LogP contribution in [0.1, 0.15) is 24.0 Å². The molecule has 3 aliphatic heterocycles. The third-order valence-electron chi connectivity index (χ3n) is 4.71. The Morgan fingerprint density at radius 3 is 2.24 bits per heavy atom. The number of nitrogens with zero attached hydrogens (tertiary/aromatic N) is 1. The lowest BCUT2D eigenvalue weighted by atomic mass is 9.85. The molecule has 3 fully saturated rings. The summed E-state index contributed by atoms with van der Waals surface area (Å²) >= 11 is 0. The molecule has 5 nitrogen and oxygen atoms in total. The Bertz CT molecular complexity index is 626. The van der Waals surface area contributed by atoms with Crippen molar-refractivity contribution in [2.45, 2.75) is 37.6 Å². The largest absolute Gasteiger partial charge is 0.399 e. The van der Waals surface area contributed by atoms with Gasteiger partial charge in [-0.25, -0.2) is 13.1 Å². The number of hydrogen-bond acceptors (Lipinski definition) is 4. The fraction of sp³-hybridized carbons (Fsp3) is 0.600. The van der Waals surface area contributed by atoms with Gasteiger partial charge in [-0.2, -0.15) is 0 Å². The summed E-state index contributed by atoms with van der Waals surface area (Å²) < 4.78 is 28.5. The fourth-order valence-electron chi connectivity index (χ4n) is 3.76. The standard InChI is InChI=1S/C15H23N3O2S/c1-10-7-13(16)8-11(2)15(10)21(19,20)17-14-9-18-5-3-12(14)4-6-18/h7-8,12,14,17H,3-6,9,16H2,1-2H3. The number of rotatable bonds is 3. The van der Waals surface area contributed by atoms with Gasteiger partial charge >= 0.3 is 0 Å². The van der Waals surface area contributed by atoms with Gasteiger partial charge in [0.2, 0.25) is 10.0 Å². The Kier molecular flexibility index (Phi) is 3.71. The van der Waals surface area contributed by atoms with E-state index in [1.165, 1.54) is 0 Å². The number of nitrogens with two attached hydrogens (primary N) is 1. The zero-order chi connectivity index (χ0) is 15.2. The first-order valence-corrected chi connectivity index (χ1v) is 8.96. The minimum absolute atomic E-state index is 0.0360. The van der Waals surface area contributed by atoms with E-state index in [4.69, 9.17) is 5.73 Å². The van der Waals surface area contributed by atoms with Gasteiger partial charge in [0.25, 0.3) is 0 Å². The van der Waals surface area contributed by atoms with Crippen LogP contribution < -0.4 is 10.5 Å². The van der Waals surface area contributed by atoms with Crippen molar-refractivity contribution in [2.24, 2.45) is 5.92 Å². The smallest absolute Gasteiger partial charge is 0.241 e. The normalized spacial score (nSPS) is 28.8. The third-order valence-corrected chi connectivity index (χ3v) is 6.51. The number of hydrogen-bond donors (Lipinski definition) is 2. The highest BCUT2D eigenvalue weighted by atomic mass is 32.2. The molecule has 21 heavy (non-hydrogen) atoms. The summed E-state index contributed by atoms with van der Waals surface area (Å²) in [6.45, 7) is 6.63. The van der Waals surface area contributed by atoms with Crippen molar-refractivity contribution < 1.29 is 8.42 Å². The maximum Gasteiger partial charge on any atom is 0.241 e. The van der Waals surface area contributed by atoms with Crippen LogP contribution in [0.4, 0.5) is 5.69 Å². The zero-order valence-corrected chi connectivity index (χ0v) is 13.4. The maximum atomic E-state index is 12.8. The van der Waals surface area contributed by atoms with Crippen LogP contribution in [0.25, 0.3) is 0 Å². The van der Waals surface area contributed by atoms with E-state index in [-0.39, 0.29) is 6.04 Å². The van der Waals surface area contributed by atoms with E-state index < -0.39 is 10.0 Å². The molecule has 2 bridgehead atoms. The third kappa shape index (κ3) is 2.80. The highest BCUT2D eigenvalue weighted by molar-refractivity contribution is 7.89. The molecule has 1 unspecified atom stereocenters. The Morgan fingerprint density at radius 1 is 1.19 bits per heavy atom. The lowest BCUT2D eigenvalue weighted by molar-refractivity contribution is 0.0827. The Morgan fingerprint density at radius 2 is 1.76 bits per heavy atom. The monoisotopic (exact) mass is 309 g/mol. The molecule has 1 atom stereocenters. The molecule has 3 saturated heterocycles. The van der Waals surface area contributed by atoms with Crippen molar-refractivity contribution in [3.8, 4) is 0 Å². The van der Waals surface area contributed by atoms with Crippen LogP contribution >= 0.6 is 0 Å². The number of benzene rings is 1. The number of sulfonamides is 1. The van der Waals surface area contributed by atoms with Crippen molar-refractivity contribution in [3.63, 3.8) is 0 Å². The highest BCUT2D eigenvalue weighted by Crippen LogP contribution is 2.30. The van der Waals surface area contributed by atoms with Crippen LogP contribution in [0, 0.1) is 19.8 Å². The number of nitrogen functional groups attached to an aromatic ring is 1. The van der Waals surface area contributed by atoms with Crippen molar-refractivity contribution >= 4 is 15.7 Å². The van der Waals surface area contributed by atoms with E-state index in [0.717, 1.165) is 32.5 Å². The molecule has 6 heteroatoms. The molecular formula is C15H23N3O2S. The molecule has 3 heterocycles. The van der Waals surface area contributed by atoms with Gasteiger partial charge in [0.05, 0.1) is 4.90 Å². The van der Waals surface area contributed by atoms with Gasteiger partial charge in [0, 0.05) is 18.3 Å². The average molecular weight is 309 g/mol. The second-order valence-electron chi connectivity index (χ2n) is 6.35. The van der Waals surface area contributed by atoms with E-state index in [1.54, 1.807) is 26.0 Å². The van der Waals surface area contributed by atoms with E-state index in [1.807, 2.05) is 0 Å². The van der Waals surface area contributed by atoms with Crippen LogP contribution in [-0.2, 0) is 10.0 Å². The van der Waals surface area contributed by atoms with Gasteiger partial charge in [-0.3, -0.25) is 0 Å². The lowest BCUT2D eigenvalue weighted by Gasteiger charge is -2.44. The molecule has 116 valence electrons. The Labute approximate surface area is 126 Å². The maximum absolute atomic E-state index is 12.8. The van der Waals surface area contributed by atoms with E-state index in [0.29, 0.717) is 27.6 Å². The zero-order valence-electron chi connectivity index (χ0n) is 12.6. The van der Waals surface area contributed by atoms with Crippen LogP contribution in [0.3, 0.4) is 0 Å². The predicted molar refractivity (Wildman–Crippen MR) is 83.6 cm³/mol. The SMILES string of the molecule is Cc1cc(N)cc(C)c1S(=O)(=O)NC1CN2CCC1CC2. The minimum Gasteiger partial charge on any atom is -0.399 e. The summed E-state index contributed by atoms with van der Waals surface area (Å²) in [7, 11) is -3.49. The second-order valence-corrected chi connectivity index (χ2v) is 8.00. The first kappa shape index (κ1) is 14.8. The van der Waals surface area contributed by atoms with Crippen molar-refractivity contribution in [1.82, 2.24) is 9.62 Å². The molecule has 0 amide bonds. The molecule has 4 rings (SSSR count). The van der Waals surface area contributed by atoms with Gasteiger partial charge in [0.1, 0.15) is 0 Å². The van der Waals surface area contributed by atoms with E-state index >= 15 is 0 Å². The number of aryl methyl sites for hydroxylation is 2. The second kappa shape index (κ2) is 5.26. The van der Waals surface area contributed by atoms with Crippen molar-refractivity contribution in [2.75, 3.05) is 25.4 Å². The number of piperidine rings is 3. The summed E-state index contributed by atoms with van der Waals surface area (Å²) in [5.74, 6) is 0.471. The molecular weight excluding hydrogens is 286 g/mol. The topological polar surface area (TPSA) is 75.4 Å². The molecule has 1 aromatic carbocycles. The van der Waals surface area contributed by atoms with Crippen LogP contribution in [-0.4, -0.2) is 39.0 Å². The summed E-state index contributed by atoms with van der Waals surface area (Å²) in [6, 6.07) is 3.48. The summed E-state index contributed by atoms with van der Waals surface area (Å²) in [5, 5.41) is 0. The molecule has 1 aromatic rings. The fourth-order valence-corrected chi connectivity index (χ4v) is 5.51. The first-order chi connectivity index (χ1) is 9.87. The summed E-state index contributed by atoms with van der Waals surface area (Å²) in [4.78, 5) is 2.73. The number of fused-ring (bicyclic) bond motifs is 3. The Balaban J connectivity index is 1.88.